The number of hydrogen-bond acceptors (Lipinski definition) is 6. The number of methoxy groups -OCH3 is 1. The monoisotopic (exact) mass is 378 g/mol. The van der Waals surface area contributed by atoms with Crippen molar-refractivity contribution in [2.75, 3.05) is 7.11 Å². The van der Waals surface area contributed by atoms with Crippen molar-refractivity contribution in [3.8, 4) is 5.75 Å². The van der Waals surface area contributed by atoms with E-state index >= 15 is 0 Å². The number of tetrazole rings is 1. The fraction of sp³-hybridized carbons (Fsp3) is 0.238. The third-order valence-electron chi connectivity index (χ3n) is 4.12. The van der Waals surface area contributed by atoms with E-state index < -0.39 is 5.97 Å². The maximum Gasteiger partial charge on any atom is 0.339 e. The van der Waals surface area contributed by atoms with Gasteiger partial charge in [-0.05, 0) is 34.6 Å². The molecule has 0 atom stereocenters. The summed E-state index contributed by atoms with van der Waals surface area (Å²) in [6.45, 7) is 2.70. The predicted octanol–water partition coefficient (Wildman–Crippen LogP) is 3.38. The Morgan fingerprint density at radius 2 is 1.86 bits per heavy atom. The molecule has 0 unspecified atom stereocenters. The first kappa shape index (κ1) is 19.3. The summed E-state index contributed by atoms with van der Waals surface area (Å²) in [6, 6.07) is 16.9. The summed E-state index contributed by atoms with van der Waals surface area (Å²) in [5.41, 5.74) is 1.97. The van der Waals surface area contributed by atoms with Crippen LogP contribution in [-0.4, -0.2) is 33.3 Å². The number of benzene rings is 2. The zero-order valence-electron chi connectivity index (χ0n) is 15.9. The second-order valence-corrected chi connectivity index (χ2v) is 6.06. The van der Waals surface area contributed by atoms with Crippen LogP contribution in [0.25, 0.3) is 11.6 Å². The molecule has 0 aliphatic heterocycles. The number of aryl methyl sites for hydroxylation is 1. The van der Waals surface area contributed by atoms with Crippen LogP contribution >= 0.6 is 0 Å². The van der Waals surface area contributed by atoms with Crippen LogP contribution in [0.2, 0.25) is 0 Å². The Labute approximate surface area is 163 Å². The van der Waals surface area contributed by atoms with Crippen LogP contribution in [0.4, 0.5) is 0 Å². The highest BCUT2D eigenvalue weighted by Gasteiger charge is 2.17. The molecule has 3 rings (SSSR count). The molecule has 0 aliphatic rings. The van der Waals surface area contributed by atoms with E-state index in [9.17, 15) is 4.79 Å². The number of carbonyl (C=O) groups is 1. The average Bonchev–Trinajstić information content (AvgIpc) is 3.18. The number of para-hydroxylation sites is 1. The van der Waals surface area contributed by atoms with Gasteiger partial charge in [-0.2, -0.15) is 0 Å². The highest BCUT2D eigenvalue weighted by Crippen LogP contribution is 2.25. The Morgan fingerprint density at radius 1 is 1.11 bits per heavy atom. The van der Waals surface area contributed by atoms with Crippen LogP contribution in [0.3, 0.4) is 0 Å². The van der Waals surface area contributed by atoms with Crippen molar-refractivity contribution < 1.29 is 14.3 Å². The van der Waals surface area contributed by atoms with Crippen LogP contribution in [0.5, 0.6) is 5.75 Å². The lowest BCUT2D eigenvalue weighted by Crippen LogP contribution is -2.12. The molecule has 0 amide bonds. The first-order valence-corrected chi connectivity index (χ1v) is 9.05. The molecular weight excluding hydrogens is 356 g/mol. The predicted molar refractivity (Wildman–Crippen MR) is 105 cm³/mol. The molecule has 0 spiro atoms. The van der Waals surface area contributed by atoms with Gasteiger partial charge in [-0.25, -0.2) is 9.48 Å². The minimum atomic E-state index is -0.455. The molecule has 1 aromatic heterocycles. The van der Waals surface area contributed by atoms with Crippen molar-refractivity contribution in [2.24, 2.45) is 0 Å². The number of ether oxygens (including phenoxy) is 2. The molecule has 1 heterocycles. The van der Waals surface area contributed by atoms with Gasteiger partial charge in [0.05, 0.1) is 12.7 Å². The van der Waals surface area contributed by atoms with E-state index in [0.717, 1.165) is 17.5 Å². The van der Waals surface area contributed by atoms with Crippen molar-refractivity contribution in [3.63, 3.8) is 0 Å². The van der Waals surface area contributed by atoms with E-state index in [1.54, 1.807) is 17.9 Å². The summed E-state index contributed by atoms with van der Waals surface area (Å²) < 4.78 is 12.6. The molecule has 0 N–H and O–H groups in total. The zero-order valence-corrected chi connectivity index (χ0v) is 15.9. The fourth-order valence-electron chi connectivity index (χ4n) is 2.74. The number of esters is 1. The number of rotatable bonds is 8. The Hall–Kier alpha value is -3.48. The van der Waals surface area contributed by atoms with Gasteiger partial charge in [0.25, 0.3) is 0 Å². The number of carbonyl (C=O) groups excluding carboxylic acids is 1. The van der Waals surface area contributed by atoms with E-state index in [2.05, 4.69) is 15.5 Å². The summed E-state index contributed by atoms with van der Waals surface area (Å²) in [5, 5.41) is 11.5. The minimum Gasteiger partial charge on any atom is -0.496 e. The molecule has 144 valence electrons. The summed E-state index contributed by atoms with van der Waals surface area (Å²) in [6.07, 6.45) is 2.65. The molecule has 0 radical (unpaired) electrons. The van der Waals surface area contributed by atoms with Crippen molar-refractivity contribution in [1.82, 2.24) is 20.2 Å². The van der Waals surface area contributed by atoms with E-state index in [-0.39, 0.29) is 6.61 Å². The second-order valence-electron chi connectivity index (χ2n) is 6.06. The Kier molecular flexibility index (Phi) is 6.51. The van der Waals surface area contributed by atoms with E-state index in [0.29, 0.717) is 23.7 Å². The molecule has 2 aromatic carbocycles. The molecular formula is C21H22N4O3. The van der Waals surface area contributed by atoms with Gasteiger partial charge >= 0.3 is 5.97 Å². The zero-order chi connectivity index (χ0) is 19.8. The number of hydrogen-bond donors (Lipinski definition) is 0. The first-order chi connectivity index (χ1) is 13.7. The topological polar surface area (TPSA) is 79.1 Å². The van der Waals surface area contributed by atoms with Crippen LogP contribution in [0, 0.1) is 0 Å². The van der Waals surface area contributed by atoms with Crippen molar-refractivity contribution in [2.45, 2.75) is 26.5 Å². The van der Waals surface area contributed by atoms with Crippen LogP contribution in [0.15, 0.2) is 54.6 Å². The summed E-state index contributed by atoms with van der Waals surface area (Å²) in [7, 11) is 1.60. The Balaban J connectivity index is 1.88. The lowest BCUT2D eigenvalue weighted by atomic mass is 10.0. The van der Waals surface area contributed by atoms with Gasteiger partial charge in [0.1, 0.15) is 5.75 Å². The van der Waals surface area contributed by atoms with Gasteiger partial charge in [0.2, 0.25) is 0 Å². The second kappa shape index (κ2) is 9.45. The van der Waals surface area contributed by atoms with Crippen molar-refractivity contribution in [1.29, 1.82) is 0 Å². The summed E-state index contributed by atoms with van der Waals surface area (Å²) in [4.78, 5) is 12.9. The maximum atomic E-state index is 12.9. The lowest BCUT2D eigenvalue weighted by molar-refractivity contribution is -0.138. The Morgan fingerprint density at radius 3 is 2.61 bits per heavy atom. The molecule has 0 aliphatic carbocycles. The fourth-order valence-corrected chi connectivity index (χ4v) is 2.74. The summed E-state index contributed by atoms with van der Waals surface area (Å²) >= 11 is 0. The van der Waals surface area contributed by atoms with E-state index in [4.69, 9.17) is 9.47 Å². The molecule has 0 saturated heterocycles. The average molecular weight is 378 g/mol. The Bertz CT molecular complexity index is 951. The molecule has 0 bridgehead atoms. The standard InChI is InChI=1S/C21H22N4O3/c1-3-13-25-20(22-23-24-25)15-28-21(26)18(16-9-5-4-6-10-16)14-17-11-7-8-12-19(17)27-2/h4-12,14H,3,13,15H2,1-2H3/b18-14+. The van der Waals surface area contributed by atoms with Gasteiger partial charge in [0, 0.05) is 12.1 Å². The quantitative estimate of drug-likeness (QED) is 0.340. The van der Waals surface area contributed by atoms with Gasteiger partial charge in [0.15, 0.2) is 12.4 Å². The minimum absolute atomic E-state index is 0.00192. The first-order valence-electron chi connectivity index (χ1n) is 9.05. The maximum absolute atomic E-state index is 12.9. The van der Waals surface area contributed by atoms with Crippen molar-refractivity contribution in [3.05, 3.63) is 71.5 Å². The van der Waals surface area contributed by atoms with Gasteiger partial charge in [-0.15, -0.1) is 5.10 Å². The van der Waals surface area contributed by atoms with E-state index in [1.807, 2.05) is 61.5 Å². The smallest absolute Gasteiger partial charge is 0.339 e. The molecule has 7 heteroatoms. The van der Waals surface area contributed by atoms with Gasteiger partial charge < -0.3 is 9.47 Å². The third-order valence-corrected chi connectivity index (χ3v) is 4.12. The van der Waals surface area contributed by atoms with E-state index in [1.165, 1.54) is 0 Å². The molecule has 7 nitrogen and oxygen atoms in total. The van der Waals surface area contributed by atoms with Crippen molar-refractivity contribution >= 4 is 17.6 Å². The SMILES string of the molecule is CCCn1nnnc1COC(=O)/C(=C/c1ccccc1OC)c1ccccc1. The number of aromatic nitrogens is 4. The van der Waals surface area contributed by atoms with Crippen LogP contribution < -0.4 is 4.74 Å². The highest BCUT2D eigenvalue weighted by atomic mass is 16.5. The van der Waals surface area contributed by atoms with Crippen LogP contribution in [-0.2, 0) is 22.7 Å². The van der Waals surface area contributed by atoms with Gasteiger partial charge in [-0.1, -0.05) is 55.5 Å². The van der Waals surface area contributed by atoms with Crippen LogP contribution in [0.1, 0.15) is 30.3 Å². The lowest BCUT2D eigenvalue weighted by Gasteiger charge is -2.10. The normalized spacial score (nSPS) is 11.3. The largest absolute Gasteiger partial charge is 0.496 e. The number of nitrogens with zero attached hydrogens (tertiary/aromatic N) is 4. The molecule has 0 fully saturated rings. The molecule has 0 saturated carbocycles. The molecule has 3 aromatic rings. The highest BCUT2D eigenvalue weighted by molar-refractivity contribution is 6.21. The third kappa shape index (κ3) is 4.62. The molecule has 28 heavy (non-hydrogen) atoms. The van der Waals surface area contributed by atoms with Gasteiger partial charge in [-0.3, -0.25) is 0 Å². The summed E-state index contributed by atoms with van der Waals surface area (Å²) in [5.74, 6) is 0.735.